The zero-order valence-corrected chi connectivity index (χ0v) is 14.3. The Morgan fingerprint density at radius 2 is 1.73 bits per heavy atom. The quantitative estimate of drug-likeness (QED) is 0.828. The average Bonchev–Trinajstić information content (AvgIpc) is 2.68. The maximum absolute atomic E-state index is 9.40. The highest BCUT2D eigenvalue weighted by molar-refractivity contribution is 5.92. The van der Waals surface area contributed by atoms with Gasteiger partial charge in [0.1, 0.15) is 23.5 Å². The predicted molar refractivity (Wildman–Crippen MR) is 103 cm³/mol. The maximum atomic E-state index is 9.40. The highest BCUT2D eigenvalue weighted by Gasteiger charge is 2.22. The number of hydrogen-bond donors (Lipinski definition) is 1. The number of nitrogens with zero attached hydrogens (tertiary/aromatic N) is 3. The molecule has 0 spiro atoms. The lowest BCUT2D eigenvalue weighted by Gasteiger charge is -2.31. The van der Waals surface area contributed by atoms with E-state index in [1.54, 1.807) is 12.1 Å². The summed E-state index contributed by atoms with van der Waals surface area (Å²) in [5.41, 5.74) is 4.45. The zero-order chi connectivity index (χ0) is 18.5. The minimum atomic E-state index is 0.101. The summed E-state index contributed by atoms with van der Waals surface area (Å²) in [7, 11) is 0. The second kappa shape index (κ2) is 7.42. The van der Waals surface area contributed by atoms with Crippen LogP contribution in [0.3, 0.4) is 0 Å². The number of benzene rings is 2. The van der Waals surface area contributed by atoms with E-state index in [-0.39, 0.29) is 11.3 Å². The number of fused-ring (bicyclic) bond motifs is 1. The standard InChI is InChI=1S/C22H17N3O/c1-2-25-18(10-7-16-8-11-19(26)12-9-16)13-21(17(14-23)15-24)20-5-3-4-6-22(20)25/h3-13,26H,2H2,1H3/b10-7+. The van der Waals surface area contributed by atoms with Crippen molar-refractivity contribution in [3.8, 4) is 17.9 Å². The van der Waals surface area contributed by atoms with Gasteiger partial charge in [-0.25, -0.2) is 0 Å². The van der Waals surface area contributed by atoms with Gasteiger partial charge >= 0.3 is 0 Å². The molecule has 1 aliphatic rings. The molecule has 4 nitrogen and oxygen atoms in total. The third-order valence-corrected chi connectivity index (χ3v) is 4.24. The average molecular weight is 339 g/mol. The number of para-hydroxylation sites is 1. The van der Waals surface area contributed by atoms with E-state index >= 15 is 0 Å². The number of nitriles is 2. The van der Waals surface area contributed by atoms with E-state index < -0.39 is 0 Å². The predicted octanol–water partition coefficient (Wildman–Crippen LogP) is 4.63. The molecule has 1 N–H and O–H groups in total. The first-order valence-electron chi connectivity index (χ1n) is 8.28. The lowest BCUT2D eigenvalue weighted by molar-refractivity contribution is 0.475. The molecule has 4 heteroatoms. The molecule has 0 aliphatic carbocycles. The van der Waals surface area contributed by atoms with E-state index in [1.165, 1.54) is 0 Å². The third kappa shape index (κ3) is 3.22. The molecule has 0 fully saturated rings. The number of phenolic OH excluding ortho intramolecular Hbond substituents is 1. The number of phenols is 1. The zero-order valence-electron chi connectivity index (χ0n) is 14.3. The van der Waals surface area contributed by atoms with Crippen LogP contribution in [-0.4, -0.2) is 11.7 Å². The Bertz CT molecular complexity index is 983. The minimum absolute atomic E-state index is 0.101. The normalized spacial score (nSPS) is 13.0. The SMILES string of the molecule is CCN1C(/C=C/c2ccc(O)cc2)=CC(=C(C#N)C#N)c2ccccc21. The van der Waals surface area contributed by atoms with Crippen LogP contribution in [0.1, 0.15) is 18.1 Å². The molecule has 0 saturated carbocycles. The summed E-state index contributed by atoms with van der Waals surface area (Å²) in [5.74, 6) is 0.223. The third-order valence-electron chi connectivity index (χ3n) is 4.24. The van der Waals surface area contributed by atoms with Crippen LogP contribution in [0.2, 0.25) is 0 Å². The summed E-state index contributed by atoms with van der Waals surface area (Å²) in [6.07, 6.45) is 5.78. The molecular formula is C22H17N3O. The van der Waals surface area contributed by atoms with Crippen LogP contribution in [0.5, 0.6) is 5.75 Å². The molecule has 3 rings (SSSR count). The van der Waals surface area contributed by atoms with Gasteiger partial charge in [0.15, 0.2) is 0 Å². The van der Waals surface area contributed by atoms with Gasteiger partial charge in [0.25, 0.3) is 0 Å². The molecule has 1 aliphatic heterocycles. The van der Waals surface area contributed by atoms with Gasteiger partial charge in [0.05, 0.1) is 0 Å². The fourth-order valence-corrected chi connectivity index (χ4v) is 2.99. The molecule has 0 amide bonds. The summed E-state index contributed by atoms with van der Waals surface area (Å²) in [6.45, 7) is 2.81. The summed E-state index contributed by atoms with van der Waals surface area (Å²) in [6, 6.07) is 18.7. The first-order chi connectivity index (χ1) is 12.7. The number of allylic oxidation sites excluding steroid dienone is 4. The van der Waals surface area contributed by atoms with Crippen LogP contribution in [0.15, 0.2) is 72.0 Å². The number of aromatic hydroxyl groups is 1. The van der Waals surface area contributed by atoms with Crippen LogP contribution in [0.4, 0.5) is 5.69 Å². The summed E-state index contributed by atoms with van der Waals surface area (Å²) in [4.78, 5) is 2.14. The van der Waals surface area contributed by atoms with Crippen molar-refractivity contribution in [2.24, 2.45) is 0 Å². The van der Waals surface area contributed by atoms with Crippen LogP contribution in [-0.2, 0) is 0 Å². The number of rotatable bonds is 3. The van der Waals surface area contributed by atoms with Gasteiger partial charge in [0.2, 0.25) is 0 Å². The van der Waals surface area contributed by atoms with Gasteiger partial charge in [-0.05, 0) is 42.8 Å². The van der Waals surface area contributed by atoms with Crippen LogP contribution in [0.25, 0.3) is 11.6 Å². The van der Waals surface area contributed by atoms with Gasteiger partial charge in [-0.15, -0.1) is 0 Å². The van der Waals surface area contributed by atoms with Gasteiger partial charge < -0.3 is 10.0 Å². The van der Waals surface area contributed by atoms with Crippen molar-refractivity contribution in [2.45, 2.75) is 6.92 Å². The molecule has 0 aromatic heterocycles. The van der Waals surface area contributed by atoms with Crippen molar-refractivity contribution in [1.82, 2.24) is 0 Å². The number of likely N-dealkylation sites (N-methyl/N-ethyl adjacent to an activating group) is 1. The van der Waals surface area contributed by atoms with Crippen molar-refractivity contribution < 1.29 is 5.11 Å². The Labute approximate surface area is 152 Å². The Balaban J connectivity index is 2.12. The minimum Gasteiger partial charge on any atom is -0.508 e. The first-order valence-corrected chi connectivity index (χ1v) is 8.28. The molecule has 0 radical (unpaired) electrons. The summed E-state index contributed by atoms with van der Waals surface area (Å²) in [5, 5.41) is 28.1. The fraction of sp³-hybridized carbons (Fsp3) is 0.0909. The Hall–Kier alpha value is -3.76. The highest BCUT2D eigenvalue weighted by Crippen LogP contribution is 2.37. The van der Waals surface area contributed by atoms with Crippen molar-refractivity contribution >= 4 is 17.3 Å². The molecule has 1 heterocycles. The fourth-order valence-electron chi connectivity index (χ4n) is 2.99. The topological polar surface area (TPSA) is 71.0 Å². The highest BCUT2D eigenvalue weighted by atomic mass is 16.3. The van der Waals surface area contributed by atoms with Crippen LogP contribution >= 0.6 is 0 Å². The Morgan fingerprint density at radius 3 is 2.38 bits per heavy atom. The molecule has 126 valence electrons. The molecule has 2 aromatic carbocycles. The molecule has 0 atom stereocenters. The molecule has 0 saturated heterocycles. The molecular weight excluding hydrogens is 322 g/mol. The molecule has 0 unspecified atom stereocenters. The number of hydrogen-bond acceptors (Lipinski definition) is 4. The van der Waals surface area contributed by atoms with Crippen LogP contribution < -0.4 is 4.90 Å². The van der Waals surface area contributed by atoms with E-state index in [0.29, 0.717) is 5.57 Å². The van der Waals surface area contributed by atoms with E-state index in [4.69, 9.17) is 0 Å². The lowest BCUT2D eigenvalue weighted by Crippen LogP contribution is -2.25. The van der Waals surface area contributed by atoms with Gasteiger partial charge in [-0.1, -0.05) is 36.4 Å². The Kier molecular flexibility index (Phi) is 4.87. The van der Waals surface area contributed by atoms with Crippen molar-refractivity contribution in [3.05, 3.63) is 83.1 Å². The molecule has 0 bridgehead atoms. The van der Waals surface area contributed by atoms with Gasteiger partial charge in [-0.3, -0.25) is 0 Å². The van der Waals surface area contributed by atoms with Gasteiger partial charge in [-0.2, -0.15) is 10.5 Å². The number of anilines is 1. The van der Waals surface area contributed by atoms with Crippen molar-refractivity contribution in [2.75, 3.05) is 11.4 Å². The van der Waals surface area contributed by atoms with Crippen molar-refractivity contribution in [1.29, 1.82) is 10.5 Å². The maximum Gasteiger partial charge on any atom is 0.137 e. The summed E-state index contributed by atoms with van der Waals surface area (Å²) >= 11 is 0. The first kappa shape index (κ1) is 17.1. The van der Waals surface area contributed by atoms with E-state index in [1.807, 2.05) is 66.8 Å². The van der Waals surface area contributed by atoms with E-state index in [0.717, 1.165) is 29.1 Å². The monoisotopic (exact) mass is 339 g/mol. The molecule has 26 heavy (non-hydrogen) atoms. The Morgan fingerprint density at radius 1 is 1.04 bits per heavy atom. The largest absolute Gasteiger partial charge is 0.508 e. The smallest absolute Gasteiger partial charge is 0.137 e. The second-order valence-electron chi connectivity index (χ2n) is 5.77. The van der Waals surface area contributed by atoms with E-state index in [9.17, 15) is 15.6 Å². The molecule has 2 aromatic rings. The van der Waals surface area contributed by atoms with Crippen molar-refractivity contribution in [3.63, 3.8) is 0 Å². The van der Waals surface area contributed by atoms with Gasteiger partial charge in [0, 0.05) is 29.1 Å². The lowest BCUT2D eigenvalue weighted by atomic mass is 9.93. The van der Waals surface area contributed by atoms with Crippen LogP contribution in [0, 0.1) is 22.7 Å². The summed E-state index contributed by atoms with van der Waals surface area (Å²) < 4.78 is 0. The van der Waals surface area contributed by atoms with E-state index in [2.05, 4.69) is 11.8 Å². The second-order valence-corrected chi connectivity index (χ2v) is 5.77.